The summed E-state index contributed by atoms with van der Waals surface area (Å²) in [5.74, 6) is 1.60. The molecule has 0 radical (unpaired) electrons. The van der Waals surface area contributed by atoms with E-state index >= 15 is 0 Å². The van der Waals surface area contributed by atoms with Crippen LogP contribution in [0.15, 0.2) is 65.2 Å². The minimum atomic E-state index is -0.174. The van der Waals surface area contributed by atoms with Gasteiger partial charge < -0.3 is 20.0 Å². The van der Waals surface area contributed by atoms with E-state index in [1.54, 1.807) is 6.20 Å². The van der Waals surface area contributed by atoms with Crippen molar-refractivity contribution in [2.45, 2.75) is 38.8 Å². The van der Waals surface area contributed by atoms with Gasteiger partial charge in [0.25, 0.3) is 0 Å². The molecular formula is C24H26N4O2S. The summed E-state index contributed by atoms with van der Waals surface area (Å²) in [6, 6.07) is 17.3. The number of hydrogen-bond donors (Lipinski definition) is 2. The van der Waals surface area contributed by atoms with Gasteiger partial charge in [-0.15, -0.1) is 0 Å². The van der Waals surface area contributed by atoms with Gasteiger partial charge in [-0.1, -0.05) is 31.2 Å². The molecule has 1 saturated heterocycles. The fourth-order valence-electron chi connectivity index (χ4n) is 3.95. The predicted molar refractivity (Wildman–Crippen MR) is 125 cm³/mol. The van der Waals surface area contributed by atoms with Crippen molar-refractivity contribution in [3.63, 3.8) is 0 Å². The number of hydrogen-bond acceptors (Lipinski definition) is 4. The van der Waals surface area contributed by atoms with Crippen LogP contribution >= 0.6 is 12.2 Å². The van der Waals surface area contributed by atoms with Gasteiger partial charge in [0.2, 0.25) is 5.91 Å². The molecule has 0 unspecified atom stereocenters. The Morgan fingerprint density at radius 1 is 1.19 bits per heavy atom. The number of carbonyl (C=O) groups is 1. The zero-order chi connectivity index (χ0) is 21.8. The number of aryl methyl sites for hydroxylation is 2. The third-order valence-electron chi connectivity index (χ3n) is 5.50. The minimum absolute atomic E-state index is 0.0423. The highest BCUT2D eigenvalue weighted by atomic mass is 32.1. The lowest BCUT2D eigenvalue weighted by molar-refractivity contribution is -0.116. The number of amides is 1. The molecule has 2 aromatic heterocycles. The van der Waals surface area contributed by atoms with E-state index in [0.717, 1.165) is 34.9 Å². The number of carbonyl (C=O) groups excluding carboxylic acids is 1. The summed E-state index contributed by atoms with van der Waals surface area (Å²) in [6.45, 7) is 4.47. The van der Waals surface area contributed by atoms with E-state index in [9.17, 15) is 4.79 Å². The van der Waals surface area contributed by atoms with Crippen molar-refractivity contribution >= 4 is 28.9 Å². The smallest absolute Gasteiger partial charge is 0.226 e. The normalized spacial score (nSPS) is 18.1. The summed E-state index contributed by atoms with van der Waals surface area (Å²) < 4.78 is 5.96. The Kier molecular flexibility index (Phi) is 6.32. The van der Waals surface area contributed by atoms with E-state index in [1.807, 2.05) is 66.4 Å². The molecule has 0 saturated carbocycles. The molecule has 3 aromatic rings. The Hall–Kier alpha value is -3.19. The molecule has 3 heterocycles. The van der Waals surface area contributed by atoms with Crippen LogP contribution in [-0.2, 0) is 11.2 Å². The molecule has 1 aliphatic heterocycles. The molecule has 1 fully saturated rings. The van der Waals surface area contributed by atoms with E-state index in [1.165, 1.54) is 0 Å². The van der Waals surface area contributed by atoms with Gasteiger partial charge in [0.05, 0.1) is 11.7 Å². The largest absolute Gasteiger partial charge is 0.464 e. The first kappa shape index (κ1) is 21.1. The molecule has 31 heavy (non-hydrogen) atoms. The van der Waals surface area contributed by atoms with Crippen LogP contribution in [0.3, 0.4) is 0 Å². The number of benzene rings is 1. The van der Waals surface area contributed by atoms with Crippen molar-refractivity contribution in [1.82, 2.24) is 15.2 Å². The third kappa shape index (κ3) is 4.61. The van der Waals surface area contributed by atoms with Crippen molar-refractivity contribution in [3.8, 4) is 0 Å². The number of anilines is 1. The number of thiocarbonyl (C=S) groups is 1. The summed E-state index contributed by atoms with van der Waals surface area (Å²) in [7, 11) is 0. The molecule has 160 valence electrons. The predicted octanol–water partition coefficient (Wildman–Crippen LogP) is 4.55. The Bertz CT molecular complexity index is 1070. The van der Waals surface area contributed by atoms with Crippen molar-refractivity contribution in [2.24, 2.45) is 0 Å². The molecule has 7 heteroatoms. The minimum Gasteiger partial charge on any atom is -0.464 e. The number of nitrogens with zero attached hydrogens (tertiary/aromatic N) is 2. The zero-order valence-corrected chi connectivity index (χ0v) is 18.5. The average molecular weight is 435 g/mol. The monoisotopic (exact) mass is 434 g/mol. The topological polar surface area (TPSA) is 70.4 Å². The summed E-state index contributed by atoms with van der Waals surface area (Å²) in [4.78, 5) is 19.2. The summed E-state index contributed by atoms with van der Waals surface area (Å²) in [6.07, 6.45) is 2.94. The first-order chi connectivity index (χ1) is 15.1. The van der Waals surface area contributed by atoms with Gasteiger partial charge in [0.1, 0.15) is 17.6 Å². The van der Waals surface area contributed by atoms with E-state index in [4.69, 9.17) is 16.6 Å². The van der Waals surface area contributed by atoms with Crippen molar-refractivity contribution in [3.05, 3.63) is 83.6 Å². The van der Waals surface area contributed by atoms with Crippen LogP contribution in [0.1, 0.15) is 48.2 Å². The van der Waals surface area contributed by atoms with Gasteiger partial charge in [-0.05, 0) is 61.5 Å². The zero-order valence-electron chi connectivity index (χ0n) is 17.7. The first-order valence-corrected chi connectivity index (χ1v) is 10.9. The molecule has 6 nitrogen and oxygen atoms in total. The van der Waals surface area contributed by atoms with Gasteiger partial charge in [0, 0.05) is 24.8 Å². The number of pyridine rings is 1. The number of para-hydroxylation sites is 1. The van der Waals surface area contributed by atoms with Crippen LogP contribution in [0.5, 0.6) is 0 Å². The average Bonchev–Trinajstić information content (AvgIpc) is 3.35. The molecule has 0 spiro atoms. The van der Waals surface area contributed by atoms with Crippen molar-refractivity contribution in [2.75, 3.05) is 11.9 Å². The first-order valence-electron chi connectivity index (χ1n) is 10.5. The molecule has 2 N–H and O–H groups in total. The van der Waals surface area contributed by atoms with Gasteiger partial charge in [-0.3, -0.25) is 9.78 Å². The Balaban J connectivity index is 1.52. The number of aromatic nitrogens is 1. The number of rotatable bonds is 7. The quantitative estimate of drug-likeness (QED) is 0.532. The lowest BCUT2D eigenvalue weighted by atomic mass is 10.0. The highest BCUT2D eigenvalue weighted by Gasteiger charge is 2.41. The lowest BCUT2D eigenvalue weighted by Crippen LogP contribution is -2.32. The molecule has 0 aliphatic carbocycles. The second-order valence-corrected chi connectivity index (χ2v) is 7.96. The SMILES string of the molecule is CCc1ccccc1NC(=O)CCN1C(=S)N[C@H](c2ccccn2)[C@H]1c1ccc(C)o1. The van der Waals surface area contributed by atoms with Crippen LogP contribution in [0.25, 0.3) is 0 Å². The highest BCUT2D eigenvalue weighted by molar-refractivity contribution is 7.80. The fraction of sp³-hybridized carbons (Fsp3) is 0.292. The maximum absolute atomic E-state index is 12.7. The van der Waals surface area contributed by atoms with Crippen LogP contribution in [-0.4, -0.2) is 27.4 Å². The molecule has 1 amide bonds. The Morgan fingerprint density at radius 3 is 2.71 bits per heavy atom. The fourth-order valence-corrected chi connectivity index (χ4v) is 4.28. The molecular weight excluding hydrogens is 408 g/mol. The van der Waals surface area contributed by atoms with Gasteiger partial charge in [0.15, 0.2) is 5.11 Å². The maximum Gasteiger partial charge on any atom is 0.226 e. The molecule has 0 bridgehead atoms. The molecule has 1 aliphatic rings. The summed E-state index contributed by atoms with van der Waals surface area (Å²) in [5.41, 5.74) is 2.86. The lowest BCUT2D eigenvalue weighted by Gasteiger charge is -2.25. The summed E-state index contributed by atoms with van der Waals surface area (Å²) in [5, 5.41) is 7.00. The van der Waals surface area contributed by atoms with E-state index < -0.39 is 0 Å². The Morgan fingerprint density at radius 2 is 2.00 bits per heavy atom. The standard InChI is InChI=1S/C24H26N4O2S/c1-3-17-8-4-5-9-18(17)26-21(29)13-15-28-23(20-12-11-16(2)30-20)22(27-24(28)31)19-10-6-7-14-25-19/h4-12,14,22-23H,3,13,15H2,1-2H3,(H,26,29)(H,27,31)/t22-,23-/m1/s1. The van der Waals surface area contributed by atoms with Gasteiger partial charge in [-0.25, -0.2) is 0 Å². The highest BCUT2D eigenvalue weighted by Crippen LogP contribution is 2.39. The summed E-state index contributed by atoms with van der Waals surface area (Å²) >= 11 is 5.64. The van der Waals surface area contributed by atoms with E-state index in [-0.39, 0.29) is 18.0 Å². The number of nitrogens with one attached hydrogen (secondary N) is 2. The molecule has 2 atom stereocenters. The Labute approximate surface area is 187 Å². The second-order valence-electron chi connectivity index (χ2n) is 7.58. The van der Waals surface area contributed by atoms with Crippen molar-refractivity contribution < 1.29 is 9.21 Å². The molecule has 1 aromatic carbocycles. The van der Waals surface area contributed by atoms with Gasteiger partial charge in [-0.2, -0.15) is 0 Å². The van der Waals surface area contributed by atoms with Crippen molar-refractivity contribution in [1.29, 1.82) is 0 Å². The maximum atomic E-state index is 12.7. The third-order valence-corrected chi connectivity index (χ3v) is 5.85. The second kappa shape index (κ2) is 9.31. The van der Waals surface area contributed by atoms with Crippen LogP contribution < -0.4 is 10.6 Å². The number of furan rings is 1. The molecule has 4 rings (SSSR count). The van der Waals surface area contributed by atoms with E-state index in [2.05, 4.69) is 22.5 Å². The van der Waals surface area contributed by atoms with E-state index in [0.29, 0.717) is 18.1 Å². The van der Waals surface area contributed by atoms with Gasteiger partial charge >= 0.3 is 0 Å². The van der Waals surface area contributed by atoms with Crippen LogP contribution in [0.4, 0.5) is 5.69 Å². The van der Waals surface area contributed by atoms with Crippen LogP contribution in [0, 0.1) is 6.92 Å². The van der Waals surface area contributed by atoms with Crippen LogP contribution in [0.2, 0.25) is 0 Å².